The van der Waals surface area contributed by atoms with Gasteiger partial charge in [-0.2, -0.15) is 0 Å². The zero-order valence-corrected chi connectivity index (χ0v) is 20.2. The number of alkyl carbamates (subject to hydrolysis) is 1. The van der Waals surface area contributed by atoms with Crippen LogP contribution in [0.1, 0.15) is 59.8 Å². The van der Waals surface area contributed by atoms with Crippen LogP contribution in [0.2, 0.25) is 0 Å². The van der Waals surface area contributed by atoms with Gasteiger partial charge in [0.2, 0.25) is 5.91 Å². The Bertz CT molecular complexity index is 745. The van der Waals surface area contributed by atoms with E-state index >= 15 is 0 Å². The molecule has 2 N–H and O–H groups in total. The minimum Gasteiger partial charge on any atom is -0.444 e. The molecule has 7 heteroatoms. The van der Waals surface area contributed by atoms with Crippen LogP contribution in [-0.2, 0) is 9.53 Å². The van der Waals surface area contributed by atoms with Gasteiger partial charge >= 0.3 is 6.09 Å². The van der Waals surface area contributed by atoms with E-state index in [4.69, 9.17) is 4.74 Å². The quantitative estimate of drug-likeness (QED) is 0.687. The SMILES string of the molecule is CC(C(=O)Nc1ccc(N2CCCCC2)cc1)N1CCC(CNC(=O)OC(C)(C)C)CC1. The van der Waals surface area contributed by atoms with Crippen LogP contribution in [0.4, 0.5) is 16.2 Å². The molecular weight excluding hydrogens is 404 g/mol. The first-order chi connectivity index (χ1) is 15.2. The van der Waals surface area contributed by atoms with Crippen LogP contribution in [-0.4, -0.2) is 61.3 Å². The highest BCUT2D eigenvalue weighted by Crippen LogP contribution is 2.23. The van der Waals surface area contributed by atoms with E-state index in [1.165, 1.54) is 24.9 Å². The van der Waals surface area contributed by atoms with Crippen molar-refractivity contribution in [2.24, 2.45) is 5.92 Å². The summed E-state index contributed by atoms with van der Waals surface area (Å²) in [4.78, 5) is 29.3. The van der Waals surface area contributed by atoms with Crippen molar-refractivity contribution >= 4 is 23.4 Å². The fourth-order valence-corrected chi connectivity index (χ4v) is 4.41. The highest BCUT2D eigenvalue weighted by Gasteiger charge is 2.27. The minimum absolute atomic E-state index is 0.0288. The van der Waals surface area contributed by atoms with Gasteiger partial charge in [-0.3, -0.25) is 9.69 Å². The van der Waals surface area contributed by atoms with E-state index in [0.29, 0.717) is 12.5 Å². The van der Waals surface area contributed by atoms with Crippen molar-refractivity contribution in [2.75, 3.05) is 42.9 Å². The number of hydrogen-bond acceptors (Lipinski definition) is 5. The zero-order valence-electron chi connectivity index (χ0n) is 20.2. The number of anilines is 2. The van der Waals surface area contributed by atoms with Crippen LogP contribution in [0.15, 0.2) is 24.3 Å². The lowest BCUT2D eigenvalue weighted by Crippen LogP contribution is -2.47. The van der Waals surface area contributed by atoms with E-state index in [0.717, 1.165) is 44.7 Å². The third-order valence-electron chi connectivity index (χ3n) is 6.37. The van der Waals surface area contributed by atoms with Gasteiger partial charge in [-0.1, -0.05) is 0 Å². The van der Waals surface area contributed by atoms with Crippen LogP contribution in [0.25, 0.3) is 0 Å². The summed E-state index contributed by atoms with van der Waals surface area (Å²) in [5, 5.41) is 5.94. The van der Waals surface area contributed by atoms with Gasteiger partial charge in [0.05, 0.1) is 6.04 Å². The van der Waals surface area contributed by atoms with Crippen LogP contribution in [0.5, 0.6) is 0 Å². The maximum atomic E-state index is 12.8. The number of carbonyl (C=O) groups is 2. The Balaban J connectivity index is 1.40. The molecule has 0 bridgehead atoms. The number of likely N-dealkylation sites (tertiary alicyclic amines) is 1. The number of piperidine rings is 2. The number of ether oxygens (including phenoxy) is 1. The van der Waals surface area contributed by atoms with Gasteiger partial charge in [0.15, 0.2) is 0 Å². The van der Waals surface area contributed by atoms with Gasteiger partial charge < -0.3 is 20.3 Å². The smallest absolute Gasteiger partial charge is 0.407 e. The second kappa shape index (κ2) is 11.0. The molecule has 0 aromatic heterocycles. The zero-order chi connectivity index (χ0) is 23.1. The summed E-state index contributed by atoms with van der Waals surface area (Å²) in [5.74, 6) is 0.442. The number of rotatable bonds is 6. The fourth-order valence-electron chi connectivity index (χ4n) is 4.41. The highest BCUT2D eigenvalue weighted by molar-refractivity contribution is 5.94. The summed E-state index contributed by atoms with van der Waals surface area (Å²) >= 11 is 0. The molecule has 178 valence electrons. The average Bonchev–Trinajstić information content (AvgIpc) is 2.77. The summed E-state index contributed by atoms with van der Waals surface area (Å²) in [5.41, 5.74) is 1.60. The second-order valence-corrected chi connectivity index (χ2v) is 10.1. The van der Waals surface area contributed by atoms with E-state index in [1.807, 2.05) is 39.8 Å². The van der Waals surface area contributed by atoms with Gasteiger partial charge in [0.25, 0.3) is 0 Å². The van der Waals surface area contributed by atoms with E-state index in [1.54, 1.807) is 0 Å². The molecule has 0 spiro atoms. The maximum absolute atomic E-state index is 12.8. The molecule has 7 nitrogen and oxygen atoms in total. The predicted molar refractivity (Wildman–Crippen MR) is 129 cm³/mol. The van der Waals surface area contributed by atoms with Gasteiger partial charge in [-0.15, -0.1) is 0 Å². The van der Waals surface area contributed by atoms with Gasteiger partial charge in [-0.25, -0.2) is 4.79 Å². The number of nitrogens with one attached hydrogen (secondary N) is 2. The van der Waals surface area contributed by atoms with Crippen molar-refractivity contribution in [2.45, 2.75) is 71.4 Å². The Labute approximate surface area is 192 Å². The van der Waals surface area contributed by atoms with Gasteiger partial charge in [-0.05, 0) is 103 Å². The molecule has 2 heterocycles. The molecule has 2 saturated heterocycles. The Hall–Kier alpha value is -2.28. The Kier molecular flexibility index (Phi) is 8.40. The Morgan fingerprint density at radius 1 is 1.03 bits per heavy atom. The van der Waals surface area contributed by atoms with Crippen molar-refractivity contribution in [1.82, 2.24) is 10.2 Å². The summed E-state index contributed by atoms with van der Waals surface area (Å²) in [6, 6.07) is 8.03. The third kappa shape index (κ3) is 7.40. The first-order valence-corrected chi connectivity index (χ1v) is 12.1. The molecule has 0 aliphatic carbocycles. The average molecular weight is 445 g/mol. The number of hydrogen-bond donors (Lipinski definition) is 2. The molecule has 1 atom stereocenters. The topological polar surface area (TPSA) is 73.9 Å². The largest absolute Gasteiger partial charge is 0.444 e. The summed E-state index contributed by atoms with van der Waals surface area (Å²) in [6.07, 6.45) is 5.38. The number of benzene rings is 1. The first kappa shape index (κ1) is 24.4. The van der Waals surface area contributed by atoms with Crippen molar-refractivity contribution in [3.8, 4) is 0 Å². The van der Waals surface area contributed by atoms with E-state index in [9.17, 15) is 9.59 Å². The molecule has 0 saturated carbocycles. The van der Waals surface area contributed by atoms with E-state index < -0.39 is 5.60 Å². The lowest BCUT2D eigenvalue weighted by molar-refractivity contribution is -0.121. The number of nitrogens with zero attached hydrogens (tertiary/aromatic N) is 2. The van der Waals surface area contributed by atoms with Crippen LogP contribution >= 0.6 is 0 Å². The summed E-state index contributed by atoms with van der Waals surface area (Å²) in [7, 11) is 0. The van der Waals surface area contributed by atoms with Crippen LogP contribution < -0.4 is 15.5 Å². The predicted octanol–water partition coefficient (Wildman–Crippen LogP) is 4.24. The van der Waals surface area contributed by atoms with Crippen molar-refractivity contribution in [3.63, 3.8) is 0 Å². The Morgan fingerprint density at radius 3 is 2.25 bits per heavy atom. The molecule has 1 aromatic carbocycles. The molecular formula is C25H40N4O3. The highest BCUT2D eigenvalue weighted by atomic mass is 16.6. The number of amides is 2. The molecule has 2 fully saturated rings. The lowest BCUT2D eigenvalue weighted by atomic mass is 9.96. The van der Waals surface area contributed by atoms with E-state index in [-0.39, 0.29) is 18.0 Å². The molecule has 32 heavy (non-hydrogen) atoms. The first-order valence-electron chi connectivity index (χ1n) is 12.1. The molecule has 0 radical (unpaired) electrons. The Morgan fingerprint density at radius 2 is 1.66 bits per heavy atom. The molecule has 3 rings (SSSR count). The summed E-state index contributed by atoms with van der Waals surface area (Å²) in [6.45, 7) is 12.1. The van der Waals surface area contributed by atoms with Crippen molar-refractivity contribution < 1.29 is 14.3 Å². The second-order valence-electron chi connectivity index (χ2n) is 10.1. The monoisotopic (exact) mass is 444 g/mol. The normalized spacial score (nSPS) is 19.3. The van der Waals surface area contributed by atoms with Crippen molar-refractivity contribution in [1.29, 1.82) is 0 Å². The molecule has 1 unspecified atom stereocenters. The standard InChI is InChI=1S/C25H40N4O3/c1-19(28-16-12-20(13-17-28)18-26-24(31)32-25(2,3)4)23(30)27-21-8-10-22(11-9-21)29-14-6-5-7-15-29/h8-11,19-20H,5-7,12-18H2,1-4H3,(H,26,31)(H,27,30). The molecule has 2 aliphatic rings. The maximum Gasteiger partial charge on any atom is 0.407 e. The molecule has 1 aromatic rings. The third-order valence-corrected chi connectivity index (χ3v) is 6.37. The van der Waals surface area contributed by atoms with Gasteiger partial charge in [0.1, 0.15) is 5.60 Å². The van der Waals surface area contributed by atoms with Crippen LogP contribution in [0, 0.1) is 5.92 Å². The number of carbonyl (C=O) groups excluding carboxylic acids is 2. The minimum atomic E-state index is -0.482. The molecule has 2 amide bonds. The lowest BCUT2D eigenvalue weighted by Gasteiger charge is -2.35. The summed E-state index contributed by atoms with van der Waals surface area (Å²) < 4.78 is 5.30. The van der Waals surface area contributed by atoms with E-state index in [2.05, 4.69) is 32.6 Å². The van der Waals surface area contributed by atoms with Crippen LogP contribution in [0.3, 0.4) is 0 Å². The fraction of sp³-hybridized carbons (Fsp3) is 0.680. The molecule has 2 aliphatic heterocycles. The van der Waals surface area contributed by atoms with Gasteiger partial charge in [0, 0.05) is 31.0 Å². The van der Waals surface area contributed by atoms with Crippen molar-refractivity contribution in [3.05, 3.63) is 24.3 Å².